The van der Waals surface area contributed by atoms with Crippen LogP contribution in [0.4, 0.5) is 0 Å². The van der Waals surface area contributed by atoms with Crippen LogP contribution in [0.2, 0.25) is 10.0 Å². The molecule has 2 aromatic rings. The Morgan fingerprint density at radius 2 is 2.05 bits per heavy atom. The average molecular weight is 314 g/mol. The molecule has 108 valence electrons. The molecular formula is C14H17Cl2N3O. The maximum atomic E-state index is 6.16. The highest BCUT2D eigenvalue weighted by atomic mass is 35.5. The summed E-state index contributed by atoms with van der Waals surface area (Å²) in [6, 6.07) is 5.41. The first-order valence-corrected chi connectivity index (χ1v) is 7.44. The number of aromatic nitrogens is 2. The largest absolute Gasteiger partial charge is 0.419 e. The van der Waals surface area contributed by atoms with Gasteiger partial charge in [0.15, 0.2) is 0 Å². The van der Waals surface area contributed by atoms with Crippen LogP contribution < -0.4 is 5.32 Å². The first-order valence-electron chi connectivity index (χ1n) is 6.68. The van der Waals surface area contributed by atoms with Gasteiger partial charge >= 0.3 is 0 Å². The van der Waals surface area contributed by atoms with Crippen molar-refractivity contribution >= 4 is 23.2 Å². The third kappa shape index (κ3) is 3.32. The van der Waals surface area contributed by atoms with E-state index in [1.807, 2.05) is 6.07 Å². The van der Waals surface area contributed by atoms with Crippen LogP contribution in [0.15, 0.2) is 22.6 Å². The molecule has 0 aliphatic heterocycles. The molecule has 0 bridgehead atoms. The minimum absolute atomic E-state index is 0.0640. The number of hydrogen-bond acceptors (Lipinski definition) is 4. The highest BCUT2D eigenvalue weighted by Gasteiger charge is 2.18. The van der Waals surface area contributed by atoms with Crippen molar-refractivity contribution in [2.45, 2.75) is 32.7 Å². The molecule has 2 rings (SSSR count). The van der Waals surface area contributed by atoms with Gasteiger partial charge in [-0.2, -0.15) is 0 Å². The van der Waals surface area contributed by atoms with Gasteiger partial charge in [0.05, 0.1) is 21.7 Å². The van der Waals surface area contributed by atoms with Gasteiger partial charge < -0.3 is 9.73 Å². The third-order valence-corrected chi connectivity index (χ3v) is 3.79. The summed E-state index contributed by atoms with van der Waals surface area (Å²) in [6.07, 6.45) is 1.93. The quantitative estimate of drug-likeness (QED) is 0.853. The molecule has 1 aromatic heterocycles. The van der Waals surface area contributed by atoms with Crippen LogP contribution in [0.5, 0.6) is 0 Å². The number of halogens is 2. The van der Waals surface area contributed by atoms with Crippen LogP contribution in [-0.2, 0) is 0 Å². The lowest BCUT2D eigenvalue weighted by Crippen LogP contribution is -2.21. The SMILES string of the molecule is CCCNC(CC)c1nnc(-c2cccc(Cl)c2Cl)o1. The van der Waals surface area contributed by atoms with E-state index in [1.165, 1.54) is 0 Å². The van der Waals surface area contributed by atoms with E-state index in [-0.39, 0.29) is 6.04 Å². The van der Waals surface area contributed by atoms with Gasteiger partial charge in [0.2, 0.25) is 11.8 Å². The first-order chi connectivity index (χ1) is 9.67. The van der Waals surface area contributed by atoms with E-state index in [9.17, 15) is 0 Å². The Morgan fingerprint density at radius 3 is 2.75 bits per heavy atom. The van der Waals surface area contributed by atoms with Crippen molar-refractivity contribution in [2.75, 3.05) is 6.54 Å². The van der Waals surface area contributed by atoms with Gasteiger partial charge in [0.25, 0.3) is 0 Å². The van der Waals surface area contributed by atoms with Crippen LogP contribution in [0.1, 0.15) is 38.6 Å². The summed E-state index contributed by atoms with van der Waals surface area (Å²) in [6.45, 7) is 5.10. The zero-order valence-corrected chi connectivity index (χ0v) is 13.0. The van der Waals surface area contributed by atoms with E-state index >= 15 is 0 Å². The van der Waals surface area contributed by atoms with Crippen LogP contribution >= 0.6 is 23.2 Å². The normalized spacial score (nSPS) is 12.6. The summed E-state index contributed by atoms with van der Waals surface area (Å²) in [5.41, 5.74) is 0.656. The maximum absolute atomic E-state index is 6.16. The van der Waals surface area contributed by atoms with Gasteiger partial charge in [-0.3, -0.25) is 0 Å². The number of nitrogens with one attached hydrogen (secondary N) is 1. The summed E-state index contributed by atoms with van der Waals surface area (Å²) in [5.74, 6) is 0.969. The predicted molar refractivity (Wildman–Crippen MR) is 81.1 cm³/mol. The Hall–Kier alpha value is -1.10. The molecule has 0 saturated heterocycles. The summed E-state index contributed by atoms with van der Waals surface area (Å²) < 4.78 is 5.73. The lowest BCUT2D eigenvalue weighted by Gasteiger charge is -2.11. The fourth-order valence-corrected chi connectivity index (χ4v) is 2.26. The molecular weight excluding hydrogens is 297 g/mol. The van der Waals surface area contributed by atoms with Crippen molar-refractivity contribution in [1.82, 2.24) is 15.5 Å². The molecule has 0 fully saturated rings. The van der Waals surface area contributed by atoms with Gasteiger partial charge in [-0.05, 0) is 31.5 Å². The summed E-state index contributed by atoms with van der Waals surface area (Å²) in [7, 11) is 0. The number of hydrogen-bond donors (Lipinski definition) is 1. The zero-order chi connectivity index (χ0) is 14.5. The Labute approximate surface area is 128 Å². The molecule has 1 atom stereocenters. The molecule has 1 heterocycles. The van der Waals surface area contributed by atoms with Gasteiger partial charge in [0.1, 0.15) is 0 Å². The molecule has 6 heteroatoms. The Kier molecular flexibility index (Phi) is 5.40. The Bertz CT molecular complexity index is 571. The molecule has 0 saturated carbocycles. The molecule has 0 amide bonds. The Balaban J connectivity index is 2.26. The smallest absolute Gasteiger partial charge is 0.249 e. The van der Waals surface area contributed by atoms with Crippen LogP contribution in [0, 0.1) is 0 Å². The molecule has 20 heavy (non-hydrogen) atoms. The average Bonchev–Trinajstić information content (AvgIpc) is 2.92. The van der Waals surface area contributed by atoms with E-state index in [0.717, 1.165) is 19.4 Å². The van der Waals surface area contributed by atoms with Crippen LogP contribution in [0.3, 0.4) is 0 Å². The van der Waals surface area contributed by atoms with Gasteiger partial charge in [0, 0.05) is 0 Å². The van der Waals surface area contributed by atoms with Gasteiger partial charge in [-0.15, -0.1) is 10.2 Å². The maximum Gasteiger partial charge on any atom is 0.249 e. The van der Waals surface area contributed by atoms with E-state index in [4.69, 9.17) is 27.6 Å². The predicted octanol–water partition coefficient (Wildman–Crippen LogP) is 4.49. The fraction of sp³-hybridized carbons (Fsp3) is 0.429. The van der Waals surface area contributed by atoms with Crippen molar-refractivity contribution in [3.63, 3.8) is 0 Å². The van der Waals surface area contributed by atoms with Crippen molar-refractivity contribution in [3.8, 4) is 11.5 Å². The molecule has 0 aliphatic carbocycles. The topological polar surface area (TPSA) is 51.0 Å². The second kappa shape index (κ2) is 7.07. The van der Waals surface area contributed by atoms with E-state index in [2.05, 4.69) is 29.4 Å². The van der Waals surface area contributed by atoms with E-state index < -0.39 is 0 Å². The third-order valence-electron chi connectivity index (χ3n) is 2.97. The Morgan fingerprint density at radius 1 is 1.25 bits per heavy atom. The lowest BCUT2D eigenvalue weighted by molar-refractivity contribution is 0.396. The molecule has 4 nitrogen and oxygen atoms in total. The molecule has 0 spiro atoms. The highest BCUT2D eigenvalue weighted by molar-refractivity contribution is 6.43. The lowest BCUT2D eigenvalue weighted by atomic mass is 10.2. The highest BCUT2D eigenvalue weighted by Crippen LogP contribution is 2.33. The van der Waals surface area contributed by atoms with Crippen molar-refractivity contribution < 1.29 is 4.42 Å². The molecule has 1 N–H and O–H groups in total. The van der Waals surface area contributed by atoms with Crippen LogP contribution in [-0.4, -0.2) is 16.7 Å². The van der Waals surface area contributed by atoms with Crippen molar-refractivity contribution in [1.29, 1.82) is 0 Å². The van der Waals surface area contributed by atoms with Crippen LogP contribution in [0.25, 0.3) is 11.5 Å². The number of rotatable bonds is 6. The van der Waals surface area contributed by atoms with Gasteiger partial charge in [-0.25, -0.2) is 0 Å². The number of benzene rings is 1. The second-order valence-corrected chi connectivity index (χ2v) is 5.25. The summed E-state index contributed by atoms with van der Waals surface area (Å²) in [5, 5.41) is 12.4. The monoisotopic (exact) mass is 313 g/mol. The minimum atomic E-state index is 0.0640. The standard InChI is InChI=1S/C14H17Cl2N3O/c1-3-8-17-11(4-2)14-19-18-13(20-14)9-6-5-7-10(15)12(9)16/h5-7,11,17H,3-4,8H2,1-2H3. The molecule has 1 unspecified atom stereocenters. The first kappa shape index (κ1) is 15.3. The van der Waals surface area contributed by atoms with E-state index in [0.29, 0.717) is 27.4 Å². The minimum Gasteiger partial charge on any atom is -0.419 e. The van der Waals surface area contributed by atoms with Crippen molar-refractivity contribution in [3.05, 3.63) is 34.1 Å². The summed E-state index contributed by atoms with van der Waals surface area (Å²) >= 11 is 12.2. The fourth-order valence-electron chi connectivity index (χ4n) is 1.88. The van der Waals surface area contributed by atoms with Gasteiger partial charge in [-0.1, -0.05) is 43.1 Å². The summed E-state index contributed by atoms with van der Waals surface area (Å²) in [4.78, 5) is 0. The molecule has 0 radical (unpaired) electrons. The van der Waals surface area contributed by atoms with Crippen molar-refractivity contribution in [2.24, 2.45) is 0 Å². The number of nitrogens with zero attached hydrogens (tertiary/aromatic N) is 2. The molecule has 1 aromatic carbocycles. The van der Waals surface area contributed by atoms with E-state index in [1.54, 1.807) is 12.1 Å². The second-order valence-electron chi connectivity index (χ2n) is 4.46. The zero-order valence-electron chi connectivity index (χ0n) is 11.5. The molecule has 0 aliphatic rings.